The van der Waals surface area contributed by atoms with E-state index in [0.29, 0.717) is 23.3 Å². The number of aromatic nitrogens is 3. The Morgan fingerprint density at radius 3 is 2.68 bits per heavy atom. The zero-order chi connectivity index (χ0) is 16.5. The molecule has 0 spiro atoms. The van der Waals surface area contributed by atoms with Crippen LogP contribution in [-0.2, 0) is 4.79 Å². The van der Waals surface area contributed by atoms with E-state index in [4.69, 9.17) is 5.11 Å². The highest BCUT2D eigenvalue weighted by Crippen LogP contribution is 2.19. The van der Waals surface area contributed by atoms with Gasteiger partial charge in [-0.1, -0.05) is 0 Å². The molecule has 0 atom stereocenters. The van der Waals surface area contributed by atoms with Gasteiger partial charge in [-0.3, -0.25) is 9.59 Å². The molecule has 0 bridgehead atoms. The third-order valence-corrected chi connectivity index (χ3v) is 3.71. The number of aliphatic carboxylic acids is 1. The third-order valence-electron chi connectivity index (χ3n) is 3.71. The molecule has 7 nitrogen and oxygen atoms in total. The fourth-order valence-electron chi connectivity index (χ4n) is 2.08. The molecule has 0 aliphatic heterocycles. The van der Waals surface area contributed by atoms with Crippen LogP contribution in [0.2, 0.25) is 0 Å². The number of rotatable bonds is 5. The highest BCUT2D eigenvalue weighted by Gasteiger charge is 2.26. The van der Waals surface area contributed by atoms with E-state index >= 15 is 0 Å². The summed E-state index contributed by atoms with van der Waals surface area (Å²) in [4.78, 5) is 27.5. The summed E-state index contributed by atoms with van der Waals surface area (Å²) in [5, 5.41) is 16.1. The van der Waals surface area contributed by atoms with Crippen LogP contribution < -0.4 is 5.32 Å². The standard InChI is InChI=1S/C15H20N4O3/c1-9-7-12-17-8-11(10(2)19(12)18-9)13(20)16-6-5-15(3,4)14(21)22/h7-8H,5-6H2,1-4H3,(H,16,20)(H,21,22). The second-order valence-electron chi connectivity index (χ2n) is 6.01. The molecule has 7 heteroatoms. The van der Waals surface area contributed by atoms with Crippen molar-refractivity contribution in [3.63, 3.8) is 0 Å². The Morgan fingerprint density at radius 1 is 1.36 bits per heavy atom. The van der Waals surface area contributed by atoms with Gasteiger partial charge in [0.25, 0.3) is 5.91 Å². The summed E-state index contributed by atoms with van der Waals surface area (Å²) in [5.41, 5.74) is 1.79. The van der Waals surface area contributed by atoms with Gasteiger partial charge in [-0.25, -0.2) is 9.50 Å². The molecule has 22 heavy (non-hydrogen) atoms. The van der Waals surface area contributed by atoms with E-state index in [1.54, 1.807) is 25.3 Å². The second kappa shape index (κ2) is 5.75. The second-order valence-corrected chi connectivity index (χ2v) is 6.01. The van der Waals surface area contributed by atoms with Gasteiger partial charge in [0.2, 0.25) is 0 Å². The molecule has 0 saturated heterocycles. The minimum Gasteiger partial charge on any atom is -0.481 e. The lowest BCUT2D eigenvalue weighted by atomic mass is 9.90. The number of hydrogen-bond acceptors (Lipinski definition) is 4. The predicted molar refractivity (Wildman–Crippen MR) is 80.8 cm³/mol. The van der Waals surface area contributed by atoms with Crippen molar-refractivity contribution in [3.8, 4) is 0 Å². The molecule has 2 aromatic rings. The number of carbonyl (C=O) groups is 2. The Balaban J connectivity index is 2.10. The molecule has 2 aromatic heterocycles. The maximum atomic E-state index is 12.2. The lowest BCUT2D eigenvalue weighted by molar-refractivity contribution is -0.147. The van der Waals surface area contributed by atoms with Gasteiger partial charge in [0.05, 0.1) is 22.4 Å². The van der Waals surface area contributed by atoms with Gasteiger partial charge >= 0.3 is 5.97 Å². The zero-order valence-corrected chi connectivity index (χ0v) is 13.2. The van der Waals surface area contributed by atoms with Crippen molar-refractivity contribution in [2.45, 2.75) is 34.1 Å². The first-order valence-corrected chi connectivity index (χ1v) is 7.06. The molecule has 0 radical (unpaired) electrons. The minimum atomic E-state index is -0.881. The van der Waals surface area contributed by atoms with Gasteiger partial charge in [-0.15, -0.1) is 0 Å². The molecule has 0 fully saturated rings. The molecule has 1 amide bonds. The van der Waals surface area contributed by atoms with Crippen LogP contribution in [-0.4, -0.2) is 38.1 Å². The molecule has 0 saturated carbocycles. The number of carbonyl (C=O) groups excluding carboxylic acids is 1. The van der Waals surface area contributed by atoms with Gasteiger partial charge in [-0.2, -0.15) is 5.10 Å². The highest BCUT2D eigenvalue weighted by atomic mass is 16.4. The van der Waals surface area contributed by atoms with Crippen LogP contribution in [0.3, 0.4) is 0 Å². The molecule has 2 N–H and O–H groups in total. The summed E-state index contributed by atoms with van der Waals surface area (Å²) in [6.07, 6.45) is 1.87. The topological polar surface area (TPSA) is 96.6 Å². The van der Waals surface area contributed by atoms with Gasteiger partial charge in [0.15, 0.2) is 5.65 Å². The Morgan fingerprint density at radius 2 is 2.05 bits per heavy atom. The van der Waals surface area contributed by atoms with Crippen molar-refractivity contribution >= 4 is 17.5 Å². The van der Waals surface area contributed by atoms with Crippen LogP contribution in [0, 0.1) is 19.3 Å². The van der Waals surface area contributed by atoms with Gasteiger partial charge in [-0.05, 0) is 34.1 Å². The SMILES string of the molecule is Cc1cc2ncc(C(=O)NCCC(C)(C)C(=O)O)c(C)n2n1. The van der Waals surface area contributed by atoms with Crippen LogP contribution in [0.1, 0.15) is 42.0 Å². The summed E-state index contributed by atoms with van der Waals surface area (Å²) >= 11 is 0. The lowest BCUT2D eigenvalue weighted by Gasteiger charge is -2.19. The van der Waals surface area contributed by atoms with Gasteiger partial charge in [0.1, 0.15) is 0 Å². The van der Waals surface area contributed by atoms with Crippen molar-refractivity contribution in [2.24, 2.45) is 5.41 Å². The van der Waals surface area contributed by atoms with E-state index in [9.17, 15) is 9.59 Å². The summed E-state index contributed by atoms with van der Waals surface area (Å²) in [5.74, 6) is -1.16. The van der Waals surface area contributed by atoms with Crippen molar-refractivity contribution in [3.05, 3.63) is 29.2 Å². The van der Waals surface area contributed by atoms with Crippen LogP contribution in [0.15, 0.2) is 12.3 Å². The fraction of sp³-hybridized carbons (Fsp3) is 0.467. The molecular weight excluding hydrogens is 284 g/mol. The predicted octanol–water partition coefficient (Wildman–Crippen LogP) is 1.58. The molecule has 2 rings (SSSR count). The lowest BCUT2D eigenvalue weighted by Crippen LogP contribution is -2.32. The number of amides is 1. The average molecular weight is 304 g/mol. The zero-order valence-electron chi connectivity index (χ0n) is 13.2. The number of nitrogens with one attached hydrogen (secondary N) is 1. The molecule has 0 aliphatic rings. The Bertz CT molecular complexity index is 734. The van der Waals surface area contributed by atoms with Gasteiger partial charge < -0.3 is 10.4 Å². The number of nitrogens with zero attached hydrogens (tertiary/aromatic N) is 3. The largest absolute Gasteiger partial charge is 0.481 e. The number of fused-ring (bicyclic) bond motifs is 1. The maximum absolute atomic E-state index is 12.2. The minimum absolute atomic E-state index is 0.277. The number of carboxylic acids is 1. The number of carboxylic acid groups (broad SMARTS) is 1. The van der Waals surface area contributed by atoms with Crippen molar-refractivity contribution < 1.29 is 14.7 Å². The Kier molecular flexibility index (Phi) is 4.16. The van der Waals surface area contributed by atoms with E-state index in [0.717, 1.165) is 5.69 Å². The number of aryl methyl sites for hydroxylation is 2. The summed E-state index contributed by atoms with van der Waals surface area (Å²) in [7, 11) is 0. The van der Waals surface area contributed by atoms with Crippen molar-refractivity contribution in [2.75, 3.05) is 6.54 Å². The van der Waals surface area contributed by atoms with E-state index < -0.39 is 11.4 Å². The number of hydrogen-bond donors (Lipinski definition) is 2. The summed E-state index contributed by atoms with van der Waals surface area (Å²) < 4.78 is 1.63. The molecule has 0 aromatic carbocycles. The van der Waals surface area contributed by atoms with E-state index in [2.05, 4.69) is 15.4 Å². The Labute approximate surface area is 128 Å². The monoisotopic (exact) mass is 304 g/mol. The van der Waals surface area contributed by atoms with Crippen molar-refractivity contribution in [1.82, 2.24) is 19.9 Å². The first-order chi connectivity index (χ1) is 10.2. The first kappa shape index (κ1) is 15.9. The quantitative estimate of drug-likeness (QED) is 0.874. The Hall–Kier alpha value is -2.44. The van der Waals surface area contributed by atoms with Crippen LogP contribution in [0.4, 0.5) is 0 Å². The fourth-order valence-corrected chi connectivity index (χ4v) is 2.08. The normalized spacial score (nSPS) is 11.6. The molecular formula is C15H20N4O3. The molecule has 0 unspecified atom stereocenters. The van der Waals surface area contributed by atoms with Crippen molar-refractivity contribution in [1.29, 1.82) is 0 Å². The summed E-state index contributed by atoms with van der Waals surface area (Å²) in [6.45, 7) is 7.21. The van der Waals surface area contributed by atoms with Crippen LogP contribution in [0.5, 0.6) is 0 Å². The van der Waals surface area contributed by atoms with E-state index in [1.807, 2.05) is 13.0 Å². The summed E-state index contributed by atoms with van der Waals surface area (Å²) in [6, 6.07) is 1.84. The van der Waals surface area contributed by atoms with E-state index in [1.165, 1.54) is 6.20 Å². The molecule has 0 aliphatic carbocycles. The third kappa shape index (κ3) is 3.08. The van der Waals surface area contributed by atoms with E-state index in [-0.39, 0.29) is 12.5 Å². The first-order valence-electron chi connectivity index (χ1n) is 7.06. The average Bonchev–Trinajstić information content (AvgIpc) is 2.80. The highest BCUT2D eigenvalue weighted by molar-refractivity contribution is 5.95. The van der Waals surface area contributed by atoms with Crippen LogP contribution >= 0.6 is 0 Å². The molecule has 118 valence electrons. The molecule has 2 heterocycles. The smallest absolute Gasteiger partial charge is 0.309 e. The maximum Gasteiger partial charge on any atom is 0.309 e. The van der Waals surface area contributed by atoms with Gasteiger partial charge in [0, 0.05) is 18.8 Å². The van der Waals surface area contributed by atoms with Crippen LogP contribution in [0.25, 0.3) is 5.65 Å².